The van der Waals surface area contributed by atoms with Crippen LogP contribution in [0.1, 0.15) is 13.8 Å². The molecule has 1 aliphatic heterocycles. The van der Waals surface area contributed by atoms with Gasteiger partial charge < -0.3 is 10.2 Å². The number of carbonyl (C=O) groups excluding carboxylic acids is 1. The number of carbonyl (C=O) groups is 1. The van der Waals surface area contributed by atoms with Crippen molar-refractivity contribution >= 4 is 34.8 Å². The molecule has 0 spiro atoms. The van der Waals surface area contributed by atoms with Gasteiger partial charge in [-0.25, -0.2) is 0 Å². The van der Waals surface area contributed by atoms with Crippen molar-refractivity contribution in [2.24, 2.45) is 0 Å². The average Bonchev–Trinajstić information content (AvgIpc) is 2.42. The zero-order valence-corrected chi connectivity index (χ0v) is 13.9. The molecule has 0 atom stereocenters. The summed E-state index contributed by atoms with van der Waals surface area (Å²) in [7, 11) is 0. The van der Waals surface area contributed by atoms with Crippen molar-refractivity contribution in [1.82, 2.24) is 10.2 Å². The Kier molecular flexibility index (Phi) is 5.73. The summed E-state index contributed by atoms with van der Waals surface area (Å²) >= 11 is 12.3. The van der Waals surface area contributed by atoms with Gasteiger partial charge in [0, 0.05) is 32.2 Å². The van der Waals surface area contributed by atoms with Gasteiger partial charge in [0.1, 0.15) is 0 Å². The molecule has 1 aliphatic rings. The van der Waals surface area contributed by atoms with Gasteiger partial charge in [-0.3, -0.25) is 9.69 Å². The van der Waals surface area contributed by atoms with Gasteiger partial charge in [-0.05, 0) is 26.0 Å². The highest BCUT2D eigenvalue weighted by Gasteiger charge is 2.21. The van der Waals surface area contributed by atoms with Gasteiger partial charge in [0.2, 0.25) is 5.91 Å². The standard InChI is InChI=1S/C15H21Cl2N3O/c1-11(2)18-14(21)10-19-6-8-20(9-7-19)13-5-3-4-12(16)15(13)17/h3-5,11H,6-10H2,1-2H3,(H,18,21). The van der Waals surface area contributed by atoms with E-state index in [1.54, 1.807) is 6.07 Å². The van der Waals surface area contributed by atoms with Gasteiger partial charge in [0.05, 0.1) is 22.3 Å². The molecule has 4 nitrogen and oxygen atoms in total. The Morgan fingerprint density at radius 1 is 1.24 bits per heavy atom. The minimum atomic E-state index is 0.0826. The van der Waals surface area contributed by atoms with Crippen LogP contribution in [0, 0.1) is 0 Å². The van der Waals surface area contributed by atoms with Crippen LogP contribution in [0.3, 0.4) is 0 Å². The van der Waals surface area contributed by atoms with Crippen molar-refractivity contribution in [3.8, 4) is 0 Å². The number of rotatable bonds is 4. The number of amides is 1. The molecular weight excluding hydrogens is 309 g/mol. The molecule has 0 unspecified atom stereocenters. The Morgan fingerprint density at radius 3 is 2.52 bits per heavy atom. The molecule has 0 aliphatic carbocycles. The molecule has 1 heterocycles. The second kappa shape index (κ2) is 7.34. The topological polar surface area (TPSA) is 35.6 Å². The molecule has 0 radical (unpaired) electrons. The number of anilines is 1. The molecule has 1 aromatic rings. The third kappa shape index (κ3) is 4.50. The third-order valence-electron chi connectivity index (χ3n) is 3.46. The molecule has 1 aromatic carbocycles. The fraction of sp³-hybridized carbons (Fsp3) is 0.533. The predicted molar refractivity (Wildman–Crippen MR) is 88.4 cm³/mol. The SMILES string of the molecule is CC(C)NC(=O)CN1CCN(c2cccc(Cl)c2Cl)CC1. The highest BCUT2D eigenvalue weighted by molar-refractivity contribution is 6.43. The van der Waals surface area contributed by atoms with E-state index in [9.17, 15) is 4.79 Å². The highest BCUT2D eigenvalue weighted by Crippen LogP contribution is 2.32. The summed E-state index contributed by atoms with van der Waals surface area (Å²) in [6.07, 6.45) is 0. The lowest BCUT2D eigenvalue weighted by molar-refractivity contribution is -0.122. The molecule has 2 rings (SSSR count). The van der Waals surface area contributed by atoms with E-state index in [-0.39, 0.29) is 11.9 Å². The largest absolute Gasteiger partial charge is 0.368 e. The van der Waals surface area contributed by atoms with Gasteiger partial charge in [-0.15, -0.1) is 0 Å². The fourth-order valence-electron chi connectivity index (χ4n) is 2.45. The normalized spacial score (nSPS) is 16.3. The van der Waals surface area contributed by atoms with Crippen LogP contribution in [0.2, 0.25) is 10.0 Å². The first-order valence-electron chi connectivity index (χ1n) is 7.18. The predicted octanol–water partition coefficient (Wildman–Crippen LogP) is 2.64. The number of nitrogens with one attached hydrogen (secondary N) is 1. The molecule has 0 bridgehead atoms. The lowest BCUT2D eigenvalue weighted by Gasteiger charge is -2.36. The van der Waals surface area contributed by atoms with E-state index in [0.717, 1.165) is 31.9 Å². The maximum absolute atomic E-state index is 11.8. The fourth-order valence-corrected chi connectivity index (χ4v) is 2.87. The van der Waals surface area contributed by atoms with Crippen molar-refractivity contribution in [2.75, 3.05) is 37.6 Å². The molecule has 6 heteroatoms. The summed E-state index contributed by atoms with van der Waals surface area (Å²) in [4.78, 5) is 16.1. The quantitative estimate of drug-likeness (QED) is 0.922. The van der Waals surface area contributed by atoms with E-state index in [1.165, 1.54) is 0 Å². The summed E-state index contributed by atoms with van der Waals surface area (Å²) < 4.78 is 0. The monoisotopic (exact) mass is 329 g/mol. The van der Waals surface area contributed by atoms with E-state index in [2.05, 4.69) is 15.1 Å². The second-order valence-electron chi connectivity index (χ2n) is 5.56. The van der Waals surface area contributed by atoms with Crippen LogP contribution in [0.4, 0.5) is 5.69 Å². The number of halogens is 2. The molecule has 1 fully saturated rings. The zero-order chi connectivity index (χ0) is 15.4. The lowest BCUT2D eigenvalue weighted by atomic mass is 10.2. The van der Waals surface area contributed by atoms with Gasteiger partial charge in [0.15, 0.2) is 0 Å². The Labute approximate surface area is 136 Å². The van der Waals surface area contributed by atoms with E-state index < -0.39 is 0 Å². The number of piperazine rings is 1. The molecule has 0 aromatic heterocycles. The zero-order valence-electron chi connectivity index (χ0n) is 12.4. The third-order valence-corrected chi connectivity index (χ3v) is 4.27. The van der Waals surface area contributed by atoms with Crippen LogP contribution < -0.4 is 10.2 Å². The van der Waals surface area contributed by atoms with Gasteiger partial charge in [-0.2, -0.15) is 0 Å². The van der Waals surface area contributed by atoms with E-state index in [0.29, 0.717) is 16.6 Å². The summed E-state index contributed by atoms with van der Waals surface area (Å²) in [5.74, 6) is 0.0826. The van der Waals surface area contributed by atoms with Crippen LogP contribution in [-0.2, 0) is 4.79 Å². The van der Waals surface area contributed by atoms with Gasteiger partial charge >= 0.3 is 0 Å². The van der Waals surface area contributed by atoms with Gasteiger partial charge in [-0.1, -0.05) is 29.3 Å². The Balaban J connectivity index is 1.88. The lowest BCUT2D eigenvalue weighted by Crippen LogP contribution is -2.50. The number of hydrogen-bond acceptors (Lipinski definition) is 3. The molecule has 116 valence electrons. The molecule has 0 saturated carbocycles. The highest BCUT2D eigenvalue weighted by atomic mass is 35.5. The number of nitrogens with zero attached hydrogens (tertiary/aromatic N) is 2. The van der Waals surface area contributed by atoms with Crippen molar-refractivity contribution in [2.45, 2.75) is 19.9 Å². The van der Waals surface area contributed by atoms with Crippen LogP contribution in [0.25, 0.3) is 0 Å². The first-order valence-corrected chi connectivity index (χ1v) is 7.93. The average molecular weight is 330 g/mol. The Bertz CT molecular complexity index is 500. The van der Waals surface area contributed by atoms with Gasteiger partial charge in [0.25, 0.3) is 0 Å². The smallest absolute Gasteiger partial charge is 0.234 e. The summed E-state index contributed by atoms with van der Waals surface area (Å²) in [5, 5.41) is 4.10. The summed E-state index contributed by atoms with van der Waals surface area (Å²) in [6, 6.07) is 5.87. The molecule has 1 N–H and O–H groups in total. The maximum atomic E-state index is 11.8. The van der Waals surface area contributed by atoms with Crippen LogP contribution in [0.5, 0.6) is 0 Å². The van der Waals surface area contributed by atoms with E-state index >= 15 is 0 Å². The molecule has 21 heavy (non-hydrogen) atoms. The minimum Gasteiger partial charge on any atom is -0.368 e. The Hall–Kier alpha value is -0.970. The van der Waals surface area contributed by atoms with Crippen LogP contribution in [0.15, 0.2) is 18.2 Å². The number of benzene rings is 1. The van der Waals surface area contributed by atoms with E-state index in [4.69, 9.17) is 23.2 Å². The second-order valence-corrected chi connectivity index (χ2v) is 6.34. The maximum Gasteiger partial charge on any atom is 0.234 e. The Morgan fingerprint density at radius 2 is 1.90 bits per heavy atom. The molecule has 1 amide bonds. The molecule has 1 saturated heterocycles. The molecular formula is C15H21Cl2N3O. The van der Waals surface area contributed by atoms with Crippen LogP contribution >= 0.6 is 23.2 Å². The van der Waals surface area contributed by atoms with Crippen LogP contribution in [-0.4, -0.2) is 49.6 Å². The first kappa shape index (κ1) is 16.4. The summed E-state index contributed by atoms with van der Waals surface area (Å²) in [6.45, 7) is 7.76. The number of hydrogen-bond donors (Lipinski definition) is 1. The van der Waals surface area contributed by atoms with Crippen molar-refractivity contribution < 1.29 is 4.79 Å². The summed E-state index contributed by atoms with van der Waals surface area (Å²) in [5.41, 5.74) is 0.968. The minimum absolute atomic E-state index is 0.0826. The first-order chi connectivity index (χ1) is 9.97. The van der Waals surface area contributed by atoms with Crippen molar-refractivity contribution in [3.63, 3.8) is 0 Å². The van der Waals surface area contributed by atoms with Crippen molar-refractivity contribution in [1.29, 1.82) is 0 Å². The van der Waals surface area contributed by atoms with Crippen molar-refractivity contribution in [3.05, 3.63) is 28.2 Å². The van der Waals surface area contributed by atoms with E-state index in [1.807, 2.05) is 26.0 Å².